The van der Waals surface area contributed by atoms with Gasteiger partial charge in [-0.05, 0) is 30.7 Å². The van der Waals surface area contributed by atoms with Crippen molar-refractivity contribution in [3.8, 4) is 0 Å². The van der Waals surface area contributed by atoms with Gasteiger partial charge in [-0.25, -0.2) is 4.79 Å². The van der Waals surface area contributed by atoms with E-state index >= 15 is 0 Å². The number of carbonyl (C=O) groups excluding carboxylic acids is 1. The fourth-order valence-electron chi connectivity index (χ4n) is 1.76. The topological polar surface area (TPSA) is 72.2 Å². The fourth-order valence-corrected chi connectivity index (χ4v) is 1.76. The molecule has 0 saturated carbocycles. The fraction of sp³-hybridized carbons (Fsp3) is 0.154. The zero-order valence-corrected chi connectivity index (χ0v) is 9.83. The Labute approximate surface area is 104 Å². The van der Waals surface area contributed by atoms with Gasteiger partial charge in [-0.2, -0.15) is 5.10 Å². The van der Waals surface area contributed by atoms with Crippen LogP contribution >= 0.6 is 0 Å². The first kappa shape index (κ1) is 12.0. The summed E-state index contributed by atoms with van der Waals surface area (Å²) in [7, 11) is 0. The average molecular weight is 244 g/mol. The molecule has 0 unspecified atom stereocenters. The molecule has 5 nitrogen and oxygen atoms in total. The summed E-state index contributed by atoms with van der Waals surface area (Å²) in [6.45, 7) is 2.18. The van der Waals surface area contributed by atoms with Crippen LogP contribution in [0.5, 0.6) is 0 Å². The molecular formula is C13H12N2O3. The van der Waals surface area contributed by atoms with Gasteiger partial charge in [0.25, 0.3) is 0 Å². The van der Waals surface area contributed by atoms with Crippen molar-refractivity contribution in [2.45, 2.75) is 13.5 Å². The number of nitrogens with zero attached hydrogens (tertiary/aromatic N) is 2. The number of hydrogen-bond donors (Lipinski definition) is 1. The van der Waals surface area contributed by atoms with E-state index in [2.05, 4.69) is 5.10 Å². The Bertz CT molecular complexity index is 602. The Kier molecular flexibility index (Phi) is 3.23. The van der Waals surface area contributed by atoms with E-state index in [9.17, 15) is 9.59 Å². The van der Waals surface area contributed by atoms with Crippen LogP contribution in [-0.2, 0) is 6.54 Å². The molecule has 0 aliphatic carbocycles. The third-order valence-electron chi connectivity index (χ3n) is 2.56. The Morgan fingerprint density at radius 2 is 2.22 bits per heavy atom. The van der Waals surface area contributed by atoms with Crippen molar-refractivity contribution in [3.63, 3.8) is 0 Å². The third-order valence-corrected chi connectivity index (χ3v) is 2.56. The lowest BCUT2D eigenvalue weighted by molar-refractivity contribution is 0.0696. The van der Waals surface area contributed by atoms with E-state index in [1.807, 2.05) is 0 Å². The highest BCUT2D eigenvalue weighted by Gasteiger charge is 2.07. The molecule has 0 aliphatic heterocycles. The van der Waals surface area contributed by atoms with E-state index in [0.717, 1.165) is 17.5 Å². The van der Waals surface area contributed by atoms with Gasteiger partial charge in [0.2, 0.25) is 0 Å². The van der Waals surface area contributed by atoms with Crippen molar-refractivity contribution in [2.24, 2.45) is 0 Å². The van der Waals surface area contributed by atoms with Gasteiger partial charge in [-0.15, -0.1) is 0 Å². The number of aromatic nitrogens is 2. The summed E-state index contributed by atoms with van der Waals surface area (Å²) in [5.74, 6) is -0.968. The predicted octanol–water partition coefficient (Wildman–Crippen LogP) is 1.75. The minimum absolute atomic E-state index is 0.226. The number of aryl methyl sites for hydroxylation is 1. The van der Waals surface area contributed by atoms with E-state index in [1.54, 1.807) is 35.9 Å². The maximum absolute atomic E-state index is 10.9. The molecule has 0 radical (unpaired) electrons. The molecule has 1 N–H and O–H groups in total. The number of benzene rings is 1. The Morgan fingerprint density at radius 1 is 1.44 bits per heavy atom. The van der Waals surface area contributed by atoms with Gasteiger partial charge in [0.05, 0.1) is 17.8 Å². The lowest BCUT2D eigenvalue weighted by Gasteiger charge is -2.04. The van der Waals surface area contributed by atoms with E-state index < -0.39 is 5.97 Å². The van der Waals surface area contributed by atoms with Gasteiger partial charge in [-0.1, -0.05) is 12.1 Å². The standard InChI is InChI=1S/C13H12N2O3/c1-9-5-12(8-16)15(14-9)7-10-3-2-4-11(6-10)13(17)18/h2-6,8H,7H2,1H3,(H,17,18). The smallest absolute Gasteiger partial charge is 0.335 e. The molecule has 1 aromatic heterocycles. The largest absolute Gasteiger partial charge is 0.478 e. The van der Waals surface area contributed by atoms with E-state index in [-0.39, 0.29) is 5.56 Å². The highest BCUT2D eigenvalue weighted by Crippen LogP contribution is 2.09. The molecule has 2 rings (SSSR count). The van der Waals surface area contributed by atoms with Gasteiger partial charge in [0.15, 0.2) is 6.29 Å². The molecule has 0 bridgehead atoms. The maximum atomic E-state index is 10.9. The summed E-state index contributed by atoms with van der Waals surface area (Å²) in [6, 6.07) is 8.27. The second-order valence-corrected chi connectivity index (χ2v) is 3.99. The normalized spacial score (nSPS) is 10.3. The molecule has 0 fully saturated rings. The van der Waals surface area contributed by atoms with Gasteiger partial charge < -0.3 is 5.11 Å². The number of rotatable bonds is 4. The maximum Gasteiger partial charge on any atom is 0.335 e. The predicted molar refractivity (Wildman–Crippen MR) is 64.9 cm³/mol. The number of carbonyl (C=O) groups is 2. The van der Waals surface area contributed by atoms with Crippen molar-refractivity contribution in [3.05, 3.63) is 52.8 Å². The molecule has 0 aliphatic rings. The molecular weight excluding hydrogens is 232 g/mol. The number of carboxylic acids is 1. The molecule has 1 aromatic carbocycles. The van der Waals surface area contributed by atoms with Crippen LogP contribution in [0.2, 0.25) is 0 Å². The second kappa shape index (κ2) is 4.83. The zero-order valence-electron chi connectivity index (χ0n) is 9.83. The van der Waals surface area contributed by atoms with E-state index in [4.69, 9.17) is 5.11 Å². The van der Waals surface area contributed by atoms with Gasteiger partial charge in [0, 0.05) is 0 Å². The highest BCUT2D eigenvalue weighted by molar-refractivity contribution is 5.87. The molecule has 0 amide bonds. The first-order valence-electron chi connectivity index (χ1n) is 5.42. The molecule has 0 saturated heterocycles. The first-order valence-corrected chi connectivity index (χ1v) is 5.42. The van der Waals surface area contributed by atoms with Crippen LogP contribution in [0.25, 0.3) is 0 Å². The first-order chi connectivity index (χ1) is 8.60. The van der Waals surface area contributed by atoms with E-state index in [0.29, 0.717) is 12.2 Å². The lowest BCUT2D eigenvalue weighted by Crippen LogP contribution is -2.07. The van der Waals surface area contributed by atoms with Crippen LogP contribution in [0.3, 0.4) is 0 Å². The number of aromatic carboxylic acids is 1. The van der Waals surface area contributed by atoms with Crippen LogP contribution in [0.15, 0.2) is 30.3 Å². The zero-order chi connectivity index (χ0) is 13.1. The summed E-state index contributed by atoms with van der Waals surface area (Å²) >= 11 is 0. The van der Waals surface area contributed by atoms with Gasteiger partial charge in [0.1, 0.15) is 5.69 Å². The minimum atomic E-state index is -0.968. The van der Waals surface area contributed by atoms with Crippen molar-refractivity contribution in [2.75, 3.05) is 0 Å². The summed E-state index contributed by atoms with van der Waals surface area (Å²) in [4.78, 5) is 21.7. The Morgan fingerprint density at radius 3 is 2.89 bits per heavy atom. The minimum Gasteiger partial charge on any atom is -0.478 e. The number of aldehydes is 1. The average Bonchev–Trinajstić information content (AvgIpc) is 2.69. The van der Waals surface area contributed by atoms with Gasteiger partial charge in [-0.3, -0.25) is 9.48 Å². The highest BCUT2D eigenvalue weighted by atomic mass is 16.4. The molecule has 92 valence electrons. The SMILES string of the molecule is Cc1cc(C=O)n(Cc2cccc(C(=O)O)c2)n1. The van der Waals surface area contributed by atoms with Crippen LogP contribution in [0, 0.1) is 6.92 Å². The quantitative estimate of drug-likeness (QED) is 0.831. The molecule has 2 aromatic rings. The van der Waals surface area contributed by atoms with Crippen molar-refractivity contribution in [1.82, 2.24) is 9.78 Å². The molecule has 18 heavy (non-hydrogen) atoms. The van der Waals surface area contributed by atoms with E-state index in [1.165, 1.54) is 6.07 Å². The van der Waals surface area contributed by atoms with Crippen molar-refractivity contribution < 1.29 is 14.7 Å². The van der Waals surface area contributed by atoms with Crippen LogP contribution in [0.1, 0.15) is 32.1 Å². The molecule has 0 spiro atoms. The molecule has 1 heterocycles. The summed E-state index contributed by atoms with van der Waals surface area (Å²) < 4.78 is 1.56. The Hall–Kier alpha value is -2.43. The van der Waals surface area contributed by atoms with Crippen molar-refractivity contribution >= 4 is 12.3 Å². The van der Waals surface area contributed by atoms with Crippen LogP contribution in [-0.4, -0.2) is 27.1 Å². The lowest BCUT2D eigenvalue weighted by atomic mass is 10.1. The number of carboxylic acid groups (broad SMARTS) is 1. The monoisotopic (exact) mass is 244 g/mol. The van der Waals surface area contributed by atoms with Crippen LogP contribution < -0.4 is 0 Å². The molecule has 5 heteroatoms. The second-order valence-electron chi connectivity index (χ2n) is 3.99. The molecule has 0 atom stereocenters. The third kappa shape index (κ3) is 2.45. The van der Waals surface area contributed by atoms with Crippen molar-refractivity contribution in [1.29, 1.82) is 0 Å². The summed E-state index contributed by atoms with van der Waals surface area (Å²) in [5, 5.41) is 13.1. The number of hydrogen-bond acceptors (Lipinski definition) is 3. The summed E-state index contributed by atoms with van der Waals surface area (Å²) in [5.41, 5.74) is 2.25. The summed E-state index contributed by atoms with van der Waals surface area (Å²) in [6.07, 6.45) is 0.737. The Balaban J connectivity index is 2.30. The van der Waals surface area contributed by atoms with Gasteiger partial charge >= 0.3 is 5.97 Å². The van der Waals surface area contributed by atoms with Crippen LogP contribution in [0.4, 0.5) is 0 Å².